The highest BCUT2D eigenvalue weighted by molar-refractivity contribution is 7.22. The monoisotopic (exact) mass is 297 g/mol. The number of hydrazine groups is 1. The molecule has 1 aromatic heterocycles. The Hall–Kier alpha value is -1.91. The van der Waals surface area contributed by atoms with Crippen LogP contribution in [0.4, 0.5) is 5.13 Å². The number of aromatic nitrogens is 1. The smallest absolute Gasteiger partial charge is 0.198 e. The highest BCUT2D eigenvalue weighted by Crippen LogP contribution is 2.30. The van der Waals surface area contributed by atoms with Crippen molar-refractivity contribution in [3.05, 3.63) is 58.7 Å². The zero-order valence-corrected chi connectivity index (χ0v) is 13.3. The molecule has 0 fully saturated rings. The fraction of sp³-hybridized carbons (Fsp3) is 0.235. The van der Waals surface area contributed by atoms with E-state index in [1.54, 1.807) is 11.3 Å². The molecule has 0 atom stereocenters. The quantitative estimate of drug-likeness (QED) is 0.703. The van der Waals surface area contributed by atoms with E-state index in [2.05, 4.69) is 73.0 Å². The normalized spacial score (nSPS) is 11.0. The zero-order valence-electron chi connectivity index (χ0n) is 12.5. The van der Waals surface area contributed by atoms with Crippen molar-refractivity contribution in [3.8, 4) is 0 Å². The summed E-state index contributed by atoms with van der Waals surface area (Å²) < 4.78 is 1.26. The summed E-state index contributed by atoms with van der Waals surface area (Å²) in [6.07, 6.45) is 0. The van der Waals surface area contributed by atoms with E-state index in [-0.39, 0.29) is 0 Å². The first-order valence-corrected chi connectivity index (χ1v) is 7.86. The van der Waals surface area contributed by atoms with Crippen molar-refractivity contribution in [1.29, 1.82) is 0 Å². The fourth-order valence-corrected chi connectivity index (χ4v) is 3.23. The van der Waals surface area contributed by atoms with Gasteiger partial charge < -0.3 is 0 Å². The minimum atomic E-state index is 0.772. The van der Waals surface area contributed by atoms with Crippen molar-refractivity contribution in [1.82, 2.24) is 10.4 Å². The average molecular weight is 297 g/mol. The van der Waals surface area contributed by atoms with Crippen LogP contribution in [0.25, 0.3) is 10.2 Å². The van der Waals surface area contributed by atoms with E-state index in [9.17, 15) is 0 Å². The second-order valence-electron chi connectivity index (χ2n) is 5.36. The van der Waals surface area contributed by atoms with Gasteiger partial charge in [-0.2, -0.15) is 0 Å². The van der Waals surface area contributed by atoms with Gasteiger partial charge in [-0.05, 0) is 37.5 Å². The Bertz CT molecular complexity index is 721. The topological polar surface area (TPSA) is 37.0 Å². The van der Waals surface area contributed by atoms with Gasteiger partial charge in [0.2, 0.25) is 0 Å². The van der Waals surface area contributed by atoms with Crippen LogP contribution in [0.5, 0.6) is 0 Å². The summed E-state index contributed by atoms with van der Waals surface area (Å²) in [5, 5.41) is 0.912. The Labute approximate surface area is 129 Å². The standard InChI is InChI=1S/C17H19N3S/c1-11-4-8-14(9-5-11)10-18-20-17-19-15-12(2)6-7-13(3)16(15)21-17/h4-9,18H,10H2,1-3H3,(H,19,20). The van der Waals surface area contributed by atoms with Gasteiger partial charge in [-0.15, -0.1) is 0 Å². The maximum atomic E-state index is 4.66. The van der Waals surface area contributed by atoms with E-state index in [0.29, 0.717) is 0 Å². The molecule has 108 valence electrons. The molecule has 0 radical (unpaired) electrons. The third-order valence-electron chi connectivity index (χ3n) is 3.55. The minimum absolute atomic E-state index is 0.772. The summed E-state index contributed by atoms with van der Waals surface area (Å²) >= 11 is 1.69. The summed E-state index contributed by atoms with van der Waals surface area (Å²) in [4.78, 5) is 4.66. The SMILES string of the molecule is Cc1ccc(CNNc2nc3c(C)ccc(C)c3s2)cc1. The van der Waals surface area contributed by atoms with E-state index < -0.39 is 0 Å². The van der Waals surface area contributed by atoms with Crippen LogP contribution in [0.2, 0.25) is 0 Å². The highest BCUT2D eigenvalue weighted by Gasteiger charge is 2.07. The summed E-state index contributed by atoms with van der Waals surface area (Å²) in [5.41, 5.74) is 12.6. The van der Waals surface area contributed by atoms with E-state index >= 15 is 0 Å². The van der Waals surface area contributed by atoms with Crippen LogP contribution in [-0.2, 0) is 6.54 Å². The number of fused-ring (bicyclic) bond motifs is 1. The van der Waals surface area contributed by atoms with E-state index in [1.165, 1.54) is 27.0 Å². The Morgan fingerprint density at radius 3 is 2.38 bits per heavy atom. The molecule has 0 aliphatic carbocycles. The third-order valence-corrected chi connectivity index (χ3v) is 4.66. The predicted octanol–water partition coefficient (Wildman–Crippen LogP) is 4.34. The maximum absolute atomic E-state index is 4.66. The Kier molecular flexibility index (Phi) is 3.90. The molecule has 0 saturated heterocycles. The van der Waals surface area contributed by atoms with Crippen molar-refractivity contribution < 1.29 is 0 Å². The van der Waals surface area contributed by atoms with Crippen LogP contribution in [0.15, 0.2) is 36.4 Å². The molecular weight excluding hydrogens is 278 g/mol. The molecule has 1 heterocycles. The molecule has 0 spiro atoms. The van der Waals surface area contributed by atoms with Crippen LogP contribution in [0, 0.1) is 20.8 Å². The van der Waals surface area contributed by atoms with Gasteiger partial charge in [-0.1, -0.05) is 53.3 Å². The van der Waals surface area contributed by atoms with Crippen molar-refractivity contribution in [2.75, 3.05) is 5.43 Å². The van der Waals surface area contributed by atoms with Crippen LogP contribution in [0.1, 0.15) is 22.3 Å². The number of thiazole rings is 1. The molecular formula is C17H19N3S. The highest BCUT2D eigenvalue weighted by atomic mass is 32.1. The van der Waals surface area contributed by atoms with Gasteiger partial charge in [0.1, 0.15) is 0 Å². The molecule has 0 amide bonds. The van der Waals surface area contributed by atoms with Gasteiger partial charge in [0.05, 0.1) is 10.2 Å². The van der Waals surface area contributed by atoms with E-state index in [1.807, 2.05) is 0 Å². The van der Waals surface area contributed by atoms with E-state index in [0.717, 1.165) is 17.2 Å². The predicted molar refractivity (Wildman–Crippen MR) is 90.7 cm³/mol. The van der Waals surface area contributed by atoms with Crippen molar-refractivity contribution >= 4 is 26.7 Å². The molecule has 0 aliphatic heterocycles. The molecule has 0 bridgehead atoms. The molecule has 2 N–H and O–H groups in total. The zero-order chi connectivity index (χ0) is 14.8. The molecule has 4 heteroatoms. The first kappa shape index (κ1) is 14.0. The first-order chi connectivity index (χ1) is 10.1. The van der Waals surface area contributed by atoms with Crippen LogP contribution < -0.4 is 10.9 Å². The fourth-order valence-electron chi connectivity index (χ4n) is 2.24. The van der Waals surface area contributed by atoms with Crippen LogP contribution in [-0.4, -0.2) is 4.98 Å². The molecule has 0 saturated carbocycles. The molecule has 0 aliphatic rings. The van der Waals surface area contributed by atoms with Gasteiger partial charge in [-0.25, -0.2) is 10.4 Å². The largest absolute Gasteiger partial charge is 0.297 e. The average Bonchev–Trinajstić information content (AvgIpc) is 2.91. The molecule has 3 rings (SSSR count). The molecule has 3 nitrogen and oxygen atoms in total. The number of rotatable bonds is 4. The van der Waals surface area contributed by atoms with Crippen LogP contribution in [0.3, 0.4) is 0 Å². The minimum Gasteiger partial charge on any atom is -0.297 e. The van der Waals surface area contributed by atoms with Gasteiger partial charge in [-0.3, -0.25) is 5.43 Å². The Morgan fingerprint density at radius 1 is 0.952 bits per heavy atom. The lowest BCUT2D eigenvalue weighted by Gasteiger charge is -2.05. The lowest BCUT2D eigenvalue weighted by molar-refractivity contribution is 0.800. The second-order valence-corrected chi connectivity index (χ2v) is 6.36. The Balaban J connectivity index is 1.69. The number of nitrogens with one attached hydrogen (secondary N) is 2. The van der Waals surface area contributed by atoms with Gasteiger partial charge in [0.25, 0.3) is 0 Å². The van der Waals surface area contributed by atoms with Gasteiger partial charge >= 0.3 is 0 Å². The molecule has 21 heavy (non-hydrogen) atoms. The van der Waals surface area contributed by atoms with Crippen molar-refractivity contribution in [2.24, 2.45) is 0 Å². The number of hydrogen-bond acceptors (Lipinski definition) is 4. The number of benzene rings is 2. The third kappa shape index (κ3) is 3.06. The summed E-state index contributed by atoms with van der Waals surface area (Å²) in [5.74, 6) is 0. The molecule has 0 unspecified atom stereocenters. The lowest BCUT2D eigenvalue weighted by atomic mass is 10.1. The number of anilines is 1. The Morgan fingerprint density at radius 2 is 1.67 bits per heavy atom. The van der Waals surface area contributed by atoms with Crippen molar-refractivity contribution in [3.63, 3.8) is 0 Å². The second kappa shape index (κ2) is 5.84. The van der Waals surface area contributed by atoms with Crippen molar-refractivity contribution in [2.45, 2.75) is 27.3 Å². The molecule has 2 aromatic carbocycles. The number of aryl methyl sites for hydroxylation is 3. The molecule has 3 aromatic rings. The van der Waals surface area contributed by atoms with Gasteiger partial charge in [0, 0.05) is 6.54 Å². The van der Waals surface area contributed by atoms with Crippen LogP contribution >= 0.6 is 11.3 Å². The van der Waals surface area contributed by atoms with E-state index in [4.69, 9.17) is 0 Å². The number of hydrogen-bond donors (Lipinski definition) is 2. The first-order valence-electron chi connectivity index (χ1n) is 7.04. The number of nitrogens with zero attached hydrogens (tertiary/aromatic N) is 1. The maximum Gasteiger partial charge on any atom is 0.198 e. The summed E-state index contributed by atoms with van der Waals surface area (Å²) in [6, 6.07) is 12.8. The summed E-state index contributed by atoms with van der Waals surface area (Å²) in [7, 11) is 0. The van der Waals surface area contributed by atoms with Gasteiger partial charge in [0.15, 0.2) is 5.13 Å². The summed E-state index contributed by atoms with van der Waals surface area (Å²) in [6.45, 7) is 7.10. The lowest BCUT2D eigenvalue weighted by Crippen LogP contribution is -2.20.